The van der Waals surface area contributed by atoms with Crippen molar-refractivity contribution in [2.45, 2.75) is 109 Å². The molecule has 0 amide bonds. The second-order valence-corrected chi connectivity index (χ2v) is 8.00. The van der Waals surface area contributed by atoms with Crippen molar-refractivity contribution in [1.29, 1.82) is 0 Å². The number of unbranched alkanes of at least 4 members (excludes halogenated alkanes) is 13. The zero-order valence-electron chi connectivity index (χ0n) is 21.7. The Morgan fingerprint density at radius 1 is 0.588 bits per heavy atom. The highest BCUT2D eigenvalue weighted by molar-refractivity contribution is 5.74. The smallest absolute Gasteiger partial charge is 0.364 e. The molecule has 0 saturated heterocycles. The van der Waals surface area contributed by atoms with Crippen LogP contribution < -0.4 is 17.2 Å². The molecule has 0 heterocycles. The first-order chi connectivity index (χ1) is 16.2. The lowest BCUT2D eigenvalue weighted by molar-refractivity contribution is -0.205. The zero-order chi connectivity index (χ0) is 26.9. The molecule has 0 aromatic rings. The lowest BCUT2D eigenvalue weighted by Crippen LogP contribution is -2.37. The van der Waals surface area contributed by atoms with Crippen molar-refractivity contribution in [1.82, 2.24) is 0 Å². The SMILES string of the molecule is CCCCCCCCCCCCCCCCC(O)(O)C(=O)O.NCCO.NCCO.NCCO. The predicted octanol–water partition coefficient (Wildman–Crippen LogP) is 1.44. The van der Waals surface area contributed by atoms with Crippen molar-refractivity contribution < 1.29 is 35.4 Å². The highest BCUT2D eigenvalue weighted by Crippen LogP contribution is 2.16. The highest BCUT2D eigenvalue weighted by Gasteiger charge is 2.31. The lowest BCUT2D eigenvalue weighted by Gasteiger charge is -2.15. The second kappa shape index (κ2) is 36.7. The number of carbonyl (C=O) groups is 1. The molecule has 0 radical (unpaired) electrons. The van der Waals surface area contributed by atoms with E-state index in [0.29, 0.717) is 26.1 Å². The molecule has 0 fully saturated rings. The normalized spacial score (nSPS) is 10.3. The Morgan fingerprint density at radius 3 is 1.03 bits per heavy atom. The van der Waals surface area contributed by atoms with Gasteiger partial charge in [0.25, 0.3) is 5.79 Å². The monoisotopic (exact) mass is 499 g/mol. The molecular formula is C24H57N3O7. The summed E-state index contributed by atoms with van der Waals surface area (Å²) in [5.74, 6) is -4.10. The fourth-order valence-electron chi connectivity index (χ4n) is 2.67. The molecule has 0 aliphatic carbocycles. The van der Waals surface area contributed by atoms with Crippen LogP contribution in [0.5, 0.6) is 0 Å². The minimum absolute atomic E-state index is 0.0830. The number of hydrogen-bond acceptors (Lipinski definition) is 9. The third-order valence-electron chi connectivity index (χ3n) is 4.61. The van der Waals surface area contributed by atoms with Crippen molar-refractivity contribution in [3.63, 3.8) is 0 Å². The van der Waals surface area contributed by atoms with Gasteiger partial charge in [-0.1, -0.05) is 90.4 Å². The third-order valence-corrected chi connectivity index (χ3v) is 4.61. The van der Waals surface area contributed by atoms with E-state index >= 15 is 0 Å². The first-order valence-corrected chi connectivity index (χ1v) is 12.9. The Labute approximate surface area is 207 Å². The Morgan fingerprint density at radius 2 is 0.824 bits per heavy atom. The van der Waals surface area contributed by atoms with Gasteiger partial charge >= 0.3 is 5.97 Å². The quantitative estimate of drug-likeness (QED) is 0.0919. The number of aliphatic hydroxyl groups excluding tert-OH is 3. The van der Waals surface area contributed by atoms with Gasteiger partial charge in [-0.15, -0.1) is 0 Å². The minimum atomic E-state index is -2.54. The molecule has 0 aromatic heterocycles. The summed E-state index contributed by atoms with van der Waals surface area (Å²) >= 11 is 0. The first-order valence-electron chi connectivity index (χ1n) is 12.9. The van der Waals surface area contributed by atoms with Crippen molar-refractivity contribution >= 4 is 5.97 Å². The van der Waals surface area contributed by atoms with Gasteiger partial charge in [0.1, 0.15) is 0 Å². The highest BCUT2D eigenvalue weighted by atomic mass is 16.5. The molecule has 0 aromatic carbocycles. The Bertz CT molecular complexity index is 348. The van der Waals surface area contributed by atoms with E-state index in [4.69, 9.17) is 47.8 Å². The fourth-order valence-corrected chi connectivity index (χ4v) is 2.67. The molecule has 0 saturated carbocycles. The van der Waals surface area contributed by atoms with Crippen LogP contribution in [-0.2, 0) is 4.79 Å². The number of rotatable bonds is 19. The molecule has 0 aliphatic heterocycles. The summed E-state index contributed by atoms with van der Waals surface area (Å²) in [6, 6.07) is 0. The van der Waals surface area contributed by atoms with Crippen LogP contribution in [0.3, 0.4) is 0 Å². The molecule has 10 nitrogen and oxygen atoms in total. The third kappa shape index (κ3) is 44.8. The number of aliphatic hydroxyl groups is 5. The summed E-state index contributed by atoms with van der Waals surface area (Å²) in [5, 5.41) is 50.1. The van der Waals surface area contributed by atoms with Gasteiger partial charge in [-0.05, 0) is 6.42 Å². The van der Waals surface area contributed by atoms with Crippen LogP contribution >= 0.6 is 0 Å². The van der Waals surface area contributed by atoms with Gasteiger partial charge < -0.3 is 47.8 Å². The lowest BCUT2D eigenvalue weighted by atomic mass is 10.0. The van der Waals surface area contributed by atoms with Crippen molar-refractivity contribution in [3.8, 4) is 0 Å². The molecule has 0 atom stereocenters. The number of aliphatic carboxylic acids is 1. The van der Waals surface area contributed by atoms with Crippen LogP contribution in [0.25, 0.3) is 0 Å². The maximum absolute atomic E-state index is 10.5. The molecule has 0 spiro atoms. The van der Waals surface area contributed by atoms with Gasteiger partial charge in [0.05, 0.1) is 19.8 Å². The summed E-state index contributed by atoms with van der Waals surface area (Å²) in [5.41, 5.74) is 14.3. The maximum atomic E-state index is 10.5. The molecule has 12 N–H and O–H groups in total. The van der Waals surface area contributed by atoms with Gasteiger partial charge in [0.2, 0.25) is 0 Å². The van der Waals surface area contributed by atoms with E-state index in [0.717, 1.165) is 19.3 Å². The number of carboxylic acid groups (broad SMARTS) is 1. The van der Waals surface area contributed by atoms with Gasteiger partial charge in [0, 0.05) is 26.1 Å². The molecule has 210 valence electrons. The van der Waals surface area contributed by atoms with Gasteiger partial charge in [-0.25, -0.2) is 4.79 Å². The van der Waals surface area contributed by atoms with Crippen LogP contribution in [0.4, 0.5) is 0 Å². The van der Waals surface area contributed by atoms with E-state index in [1.165, 1.54) is 64.2 Å². The van der Waals surface area contributed by atoms with E-state index in [1.807, 2.05) is 0 Å². The van der Waals surface area contributed by atoms with E-state index in [9.17, 15) is 4.79 Å². The Kier molecular flexibility index (Phi) is 43.5. The van der Waals surface area contributed by atoms with Gasteiger partial charge in [-0.2, -0.15) is 0 Å². The molecule has 0 unspecified atom stereocenters. The minimum Gasteiger partial charge on any atom is -0.477 e. The van der Waals surface area contributed by atoms with E-state index in [-0.39, 0.29) is 26.2 Å². The topological polar surface area (TPSA) is 217 Å². The van der Waals surface area contributed by atoms with Crippen LogP contribution in [-0.4, -0.2) is 81.9 Å². The standard InChI is InChI=1S/C18H36O4.3C2H7NO/c1-2-3-4-5-6-7-8-9-10-11-12-13-14-15-16-18(21,22)17(19)20;3*3-1-2-4/h21-22H,2-16H2,1H3,(H,19,20);3*4H,1-3H2. The summed E-state index contributed by atoms with van der Waals surface area (Å²) in [6.45, 7) is 3.66. The summed E-state index contributed by atoms with van der Waals surface area (Å²) in [6.07, 6.45) is 17.0. The largest absolute Gasteiger partial charge is 0.477 e. The molecule has 10 heteroatoms. The molecule has 0 rings (SSSR count). The zero-order valence-corrected chi connectivity index (χ0v) is 21.7. The average molecular weight is 500 g/mol. The van der Waals surface area contributed by atoms with E-state index in [1.54, 1.807) is 0 Å². The molecule has 34 heavy (non-hydrogen) atoms. The van der Waals surface area contributed by atoms with Crippen molar-refractivity contribution in [3.05, 3.63) is 0 Å². The van der Waals surface area contributed by atoms with Crippen LogP contribution in [0.2, 0.25) is 0 Å². The fraction of sp³-hybridized carbons (Fsp3) is 0.958. The number of nitrogens with two attached hydrogens (primary N) is 3. The predicted molar refractivity (Wildman–Crippen MR) is 138 cm³/mol. The maximum Gasteiger partial charge on any atom is 0.364 e. The number of hydrogen-bond donors (Lipinski definition) is 9. The second-order valence-electron chi connectivity index (χ2n) is 8.00. The van der Waals surface area contributed by atoms with Crippen molar-refractivity contribution in [2.75, 3.05) is 39.5 Å². The Hall–Kier alpha value is -0.850. The Balaban J connectivity index is -0.000000307. The van der Waals surface area contributed by atoms with Crippen LogP contribution in [0.15, 0.2) is 0 Å². The number of carboxylic acids is 1. The van der Waals surface area contributed by atoms with Crippen molar-refractivity contribution in [2.24, 2.45) is 17.2 Å². The molecule has 0 aliphatic rings. The van der Waals surface area contributed by atoms with Gasteiger partial charge in [0.15, 0.2) is 0 Å². The van der Waals surface area contributed by atoms with Gasteiger partial charge in [-0.3, -0.25) is 0 Å². The summed E-state index contributed by atoms with van der Waals surface area (Å²) in [4.78, 5) is 10.5. The average Bonchev–Trinajstić information content (AvgIpc) is 2.84. The van der Waals surface area contributed by atoms with Crippen LogP contribution in [0, 0.1) is 0 Å². The summed E-state index contributed by atoms with van der Waals surface area (Å²) < 4.78 is 0. The summed E-state index contributed by atoms with van der Waals surface area (Å²) in [7, 11) is 0. The van der Waals surface area contributed by atoms with Crippen LogP contribution in [0.1, 0.15) is 103 Å². The molecular weight excluding hydrogens is 442 g/mol. The first kappa shape index (κ1) is 40.3. The van der Waals surface area contributed by atoms with E-state index < -0.39 is 11.8 Å². The molecule has 0 bridgehead atoms. The van der Waals surface area contributed by atoms with E-state index in [2.05, 4.69) is 6.92 Å².